The highest BCUT2D eigenvalue weighted by Crippen LogP contribution is 2.40. The predicted octanol–water partition coefficient (Wildman–Crippen LogP) is 5.81. The molecule has 1 aromatic heterocycles. The van der Waals surface area contributed by atoms with Gasteiger partial charge < -0.3 is 10.2 Å². The van der Waals surface area contributed by atoms with Gasteiger partial charge in [-0.05, 0) is 30.7 Å². The number of nitrogens with zero attached hydrogens (tertiary/aromatic N) is 2. The molecule has 13 heteroatoms. The molecule has 2 heterocycles. The van der Waals surface area contributed by atoms with Crippen LogP contribution in [0.4, 0.5) is 33.3 Å². The van der Waals surface area contributed by atoms with Gasteiger partial charge in [-0.25, -0.2) is 13.0 Å². The molecule has 1 unspecified atom stereocenters. The molecule has 1 aromatic carbocycles. The van der Waals surface area contributed by atoms with Crippen LogP contribution in [0.2, 0.25) is 5.02 Å². The number of carbonyl (C=O) groups excluding carboxylic acids is 1. The standard InChI is InChI=1S/C21H22ClF5N4O2S/c1-34(28,33)12-14-9-13(3-6-29-14)30-19(32)15-10-17(22)16(21(25,26)27)11-18(15)31-7-2-4-20(23,24)5-8-31/h3,6,9-11,28H,2,4-5,7-8,12H2,1H3,(H,29,30,32). The van der Waals surface area contributed by atoms with Crippen molar-refractivity contribution in [3.05, 3.63) is 52.3 Å². The number of nitrogens with one attached hydrogen (secondary N) is 2. The fraction of sp³-hybridized carbons (Fsp3) is 0.429. The predicted molar refractivity (Wildman–Crippen MR) is 120 cm³/mol. The molecule has 1 fully saturated rings. The van der Waals surface area contributed by atoms with Crippen LogP contribution in [-0.4, -0.2) is 40.4 Å². The summed E-state index contributed by atoms with van der Waals surface area (Å²) in [5.41, 5.74) is -1.04. The summed E-state index contributed by atoms with van der Waals surface area (Å²) < 4.78 is 87.4. The molecular weight excluding hydrogens is 503 g/mol. The Balaban J connectivity index is 1.99. The summed E-state index contributed by atoms with van der Waals surface area (Å²) in [6.45, 7) is -0.192. The SMILES string of the molecule is CS(=N)(=O)Cc1cc(NC(=O)c2cc(Cl)c(C(F)(F)F)cc2N2CCCC(F)(F)CC2)ccn1. The second-order valence-electron chi connectivity index (χ2n) is 8.18. The number of anilines is 2. The Morgan fingerprint density at radius 3 is 2.62 bits per heavy atom. The van der Waals surface area contributed by atoms with Crippen molar-refractivity contribution >= 4 is 38.6 Å². The molecule has 0 spiro atoms. The smallest absolute Gasteiger partial charge is 0.371 e. The number of aromatic nitrogens is 1. The van der Waals surface area contributed by atoms with Gasteiger partial charge in [0, 0.05) is 53.8 Å². The van der Waals surface area contributed by atoms with Crippen LogP contribution >= 0.6 is 11.6 Å². The van der Waals surface area contributed by atoms with Crippen LogP contribution in [0.1, 0.15) is 40.9 Å². The topological polar surface area (TPSA) is 86.2 Å². The highest BCUT2D eigenvalue weighted by Gasteiger charge is 2.37. The summed E-state index contributed by atoms with van der Waals surface area (Å²) in [5, 5.41) is 1.84. The molecule has 2 N–H and O–H groups in total. The van der Waals surface area contributed by atoms with Gasteiger partial charge in [0.05, 0.1) is 33.3 Å². The van der Waals surface area contributed by atoms with Crippen molar-refractivity contribution in [2.75, 3.05) is 29.6 Å². The minimum atomic E-state index is -4.81. The summed E-state index contributed by atoms with van der Waals surface area (Å²) >= 11 is 5.85. The van der Waals surface area contributed by atoms with Gasteiger partial charge in [0.1, 0.15) is 0 Å². The first-order valence-corrected chi connectivity index (χ1v) is 12.7. The minimum Gasteiger partial charge on any atom is -0.371 e. The Morgan fingerprint density at radius 2 is 1.97 bits per heavy atom. The second kappa shape index (κ2) is 9.65. The van der Waals surface area contributed by atoms with E-state index in [-0.39, 0.29) is 47.9 Å². The van der Waals surface area contributed by atoms with E-state index < -0.39 is 51.2 Å². The van der Waals surface area contributed by atoms with Crippen LogP contribution in [0.15, 0.2) is 30.5 Å². The van der Waals surface area contributed by atoms with E-state index in [0.29, 0.717) is 6.07 Å². The zero-order valence-corrected chi connectivity index (χ0v) is 19.6. The van der Waals surface area contributed by atoms with Crippen molar-refractivity contribution in [1.29, 1.82) is 4.78 Å². The van der Waals surface area contributed by atoms with Gasteiger partial charge >= 0.3 is 6.18 Å². The molecular formula is C21H22ClF5N4O2S. The molecule has 6 nitrogen and oxygen atoms in total. The Hall–Kier alpha value is -2.47. The number of carbonyl (C=O) groups is 1. The Morgan fingerprint density at radius 1 is 1.26 bits per heavy atom. The van der Waals surface area contributed by atoms with Gasteiger partial charge in [-0.1, -0.05) is 11.6 Å². The number of amides is 1. The summed E-state index contributed by atoms with van der Waals surface area (Å²) in [7, 11) is -2.90. The maximum atomic E-state index is 13.8. The molecule has 0 bridgehead atoms. The van der Waals surface area contributed by atoms with Gasteiger partial charge in [-0.3, -0.25) is 14.6 Å². The molecule has 1 saturated heterocycles. The fourth-order valence-electron chi connectivity index (χ4n) is 3.64. The summed E-state index contributed by atoms with van der Waals surface area (Å²) in [6.07, 6.45) is -3.17. The van der Waals surface area contributed by atoms with Crippen molar-refractivity contribution in [2.45, 2.75) is 37.1 Å². The Kier molecular flexibility index (Phi) is 7.42. The largest absolute Gasteiger partial charge is 0.417 e. The molecule has 34 heavy (non-hydrogen) atoms. The molecule has 2 aromatic rings. The number of hydrogen-bond donors (Lipinski definition) is 2. The zero-order valence-electron chi connectivity index (χ0n) is 18.0. The van der Waals surface area contributed by atoms with E-state index in [0.717, 1.165) is 6.07 Å². The molecule has 1 aliphatic heterocycles. The quantitative estimate of drug-likeness (QED) is 0.483. The number of benzene rings is 1. The molecule has 1 amide bonds. The van der Waals surface area contributed by atoms with Gasteiger partial charge in [-0.2, -0.15) is 13.2 Å². The van der Waals surface area contributed by atoms with Crippen LogP contribution in [0.25, 0.3) is 0 Å². The van der Waals surface area contributed by atoms with Crippen molar-refractivity contribution in [3.63, 3.8) is 0 Å². The highest BCUT2D eigenvalue weighted by atomic mass is 35.5. The first-order chi connectivity index (χ1) is 15.6. The van der Waals surface area contributed by atoms with Crippen LogP contribution in [0.5, 0.6) is 0 Å². The maximum Gasteiger partial charge on any atom is 0.417 e. The van der Waals surface area contributed by atoms with E-state index in [1.807, 2.05) is 0 Å². The lowest BCUT2D eigenvalue weighted by Gasteiger charge is -2.27. The number of alkyl halides is 5. The van der Waals surface area contributed by atoms with E-state index in [1.54, 1.807) is 0 Å². The van der Waals surface area contributed by atoms with Crippen molar-refractivity contribution in [3.8, 4) is 0 Å². The molecule has 0 aliphatic carbocycles. The average Bonchev–Trinajstić information content (AvgIpc) is 2.86. The lowest BCUT2D eigenvalue weighted by molar-refractivity contribution is -0.137. The van der Waals surface area contributed by atoms with Crippen LogP contribution < -0.4 is 10.2 Å². The average molecular weight is 525 g/mol. The van der Waals surface area contributed by atoms with Crippen LogP contribution in [-0.2, 0) is 21.7 Å². The molecule has 0 saturated carbocycles. The first-order valence-electron chi connectivity index (χ1n) is 10.2. The monoisotopic (exact) mass is 524 g/mol. The third-order valence-corrected chi connectivity index (χ3v) is 6.35. The van der Waals surface area contributed by atoms with Crippen molar-refractivity contribution < 1.29 is 31.0 Å². The Bertz CT molecular complexity index is 1190. The number of rotatable bonds is 5. The lowest BCUT2D eigenvalue weighted by atomic mass is 10.1. The van der Waals surface area contributed by atoms with Gasteiger partial charge in [0.15, 0.2) is 0 Å². The summed E-state index contributed by atoms with van der Waals surface area (Å²) in [5.74, 6) is -3.91. The molecule has 3 rings (SSSR count). The molecule has 1 atom stereocenters. The first kappa shape index (κ1) is 26.1. The Labute approximate surface area is 198 Å². The van der Waals surface area contributed by atoms with E-state index >= 15 is 0 Å². The molecule has 1 aliphatic rings. The minimum absolute atomic E-state index is 0.0369. The fourth-order valence-corrected chi connectivity index (χ4v) is 4.64. The zero-order chi connectivity index (χ0) is 25.3. The normalized spacial score (nSPS) is 18.1. The van der Waals surface area contributed by atoms with E-state index in [4.69, 9.17) is 16.4 Å². The van der Waals surface area contributed by atoms with Crippen LogP contribution in [0, 0.1) is 4.78 Å². The van der Waals surface area contributed by atoms with E-state index in [9.17, 15) is 31.0 Å². The number of hydrogen-bond acceptors (Lipinski definition) is 5. The number of pyridine rings is 1. The van der Waals surface area contributed by atoms with Crippen molar-refractivity contribution in [2.24, 2.45) is 0 Å². The van der Waals surface area contributed by atoms with Crippen molar-refractivity contribution in [1.82, 2.24) is 4.98 Å². The van der Waals surface area contributed by atoms with Gasteiger partial charge in [0.2, 0.25) is 5.92 Å². The maximum absolute atomic E-state index is 13.8. The van der Waals surface area contributed by atoms with Gasteiger partial charge in [0.25, 0.3) is 5.91 Å². The highest BCUT2D eigenvalue weighted by molar-refractivity contribution is 7.90. The molecule has 0 radical (unpaired) electrons. The van der Waals surface area contributed by atoms with E-state index in [2.05, 4.69) is 10.3 Å². The summed E-state index contributed by atoms with van der Waals surface area (Å²) in [4.78, 5) is 18.4. The summed E-state index contributed by atoms with van der Waals surface area (Å²) in [6, 6.07) is 4.40. The molecule has 186 valence electrons. The lowest BCUT2D eigenvalue weighted by Crippen LogP contribution is -2.29. The third kappa shape index (κ3) is 6.78. The third-order valence-electron chi connectivity index (χ3n) is 5.19. The second-order valence-corrected chi connectivity index (χ2v) is 10.9. The van der Waals surface area contributed by atoms with E-state index in [1.165, 1.54) is 29.5 Å². The number of halogens is 6. The van der Waals surface area contributed by atoms with Crippen LogP contribution in [0.3, 0.4) is 0 Å². The van der Waals surface area contributed by atoms with Gasteiger partial charge in [-0.15, -0.1) is 0 Å².